The fourth-order valence-electron chi connectivity index (χ4n) is 2.09. The van der Waals surface area contributed by atoms with Crippen LogP contribution in [0.5, 0.6) is 0 Å². The van der Waals surface area contributed by atoms with E-state index in [1.54, 1.807) is 22.7 Å². The molecule has 2 heterocycles. The second-order valence-corrected chi connectivity index (χ2v) is 5.03. The summed E-state index contributed by atoms with van der Waals surface area (Å²) < 4.78 is 1.73. The van der Waals surface area contributed by atoms with Crippen molar-refractivity contribution < 1.29 is 9.90 Å². The van der Waals surface area contributed by atoms with Gasteiger partial charge in [0.25, 0.3) is 5.91 Å². The second kappa shape index (κ2) is 6.24. The van der Waals surface area contributed by atoms with Crippen molar-refractivity contribution in [2.75, 3.05) is 6.61 Å². The van der Waals surface area contributed by atoms with Crippen LogP contribution in [0.2, 0.25) is 5.02 Å². The van der Waals surface area contributed by atoms with Gasteiger partial charge < -0.3 is 10.4 Å². The molecule has 1 unspecified atom stereocenters. The van der Waals surface area contributed by atoms with Gasteiger partial charge in [-0.3, -0.25) is 9.20 Å². The van der Waals surface area contributed by atoms with E-state index < -0.39 is 0 Å². The normalized spacial score (nSPS) is 12.6. The number of nitrogens with one attached hydrogen (secondary N) is 1. The van der Waals surface area contributed by atoms with E-state index in [0.717, 1.165) is 5.69 Å². The van der Waals surface area contributed by atoms with Crippen molar-refractivity contribution in [3.8, 4) is 0 Å². The van der Waals surface area contributed by atoms with Gasteiger partial charge >= 0.3 is 0 Å². The van der Waals surface area contributed by atoms with Gasteiger partial charge in [0, 0.05) is 17.3 Å². The molecular weight excluding hydrogens is 278 g/mol. The van der Waals surface area contributed by atoms with E-state index in [9.17, 15) is 9.90 Å². The standard InChI is InChI=1S/C14H18ClN3O2/c1-3-10(8-19)16-14(20)13-11(4-2)17-12-7-9(15)5-6-18(12)13/h5-7,10,19H,3-4,8H2,1-2H3,(H,16,20). The van der Waals surface area contributed by atoms with Gasteiger partial charge in [0.15, 0.2) is 0 Å². The first-order chi connectivity index (χ1) is 9.60. The molecule has 0 spiro atoms. The summed E-state index contributed by atoms with van der Waals surface area (Å²) in [6.07, 6.45) is 3.06. The molecule has 1 amide bonds. The number of carbonyl (C=O) groups excluding carboxylic acids is 1. The van der Waals surface area contributed by atoms with Crippen molar-refractivity contribution in [2.24, 2.45) is 0 Å². The van der Waals surface area contributed by atoms with Crippen LogP contribution in [0.1, 0.15) is 36.5 Å². The number of fused-ring (bicyclic) bond motifs is 1. The van der Waals surface area contributed by atoms with Crippen LogP contribution < -0.4 is 5.32 Å². The van der Waals surface area contributed by atoms with Crippen molar-refractivity contribution in [1.82, 2.24) is 14.7 Å². The zero-order valence-corrected chi connectivity index (χ0v) is 12.3. The molecule has 20 heavy (non-hydrogen) atoms. The molecule has 108 valence electrons. The van der Waals surface area contributed by atoms with Crippen LogP contribution in [0, 0.1) is 0 Å². The van der Waals surface area contributed by atoms with Gasteiger partial charge in [-0.25, -0.2) is 4.98 Å². The first-order valence-electron chi connectivity index (χ1n) is 6.68. The quantitative estimate of drug-likeness (QED) is 0.887. The molecule has 0 saturated heterocycles. The van der Waals surface area contributed by atoms with Crippen LogP contribution in [0.15, 0.2) is 18.3 Å². The molecule has 0 aliphatic rings. The second-order valence-electron chi connectivity index (χ2n) is 4.60. The Morgan fingerprint density at radius 2 is 2.30 bits per heavy atom. The number of aryl methyl sites for hydroxylation is 1. The van der Waals surface area contributed by atoms with Crippen LogP contribution in [0.3, 0.4) is 0 Å². The fraction of sp³-hybridized carbons (Fsp3) is 0.429. The van der Waals surface area contributed by atoms with Gasteiger partial charge in [-0.05, 0) is 18.9 Å². The Bertz CT molecular complexity index is 620. The Labute approximate surface area is 122 Å². The summed E-state index contributed by atoms with van der Waals surface area (Å²) in [4.78, 5) is 16.8. The van der Waals surface area contributed by atoms with Gasteiger partial charge in [0.2, 0.25) is 0 Å². The Morgan fingerprint density at radius 3 is 2.90 bits per heavy atom. The van der Waals surface area contributed by atoms with Crippen LogP contribution in [-0.2, 0) is 6.42 Å². The summed E-state index contributed by atoms with van der Waals surface area (Å²) in [5.41, 5.74) is 1.88. The Kier molecular flexibility index (Phi) is 4.62. The molecule has 0 aliphatic carbocycles. The average Bonchev–Trinajstić information content (AvgIpc) is 2.81. The van der Waals surface area contributed by atoms with Gasteiger partial charge in [-0.15, -0.1) is 0 Å². The number of hydrogen-bond donors (Lipinski definition) is 2. The van der Waals surface area contributed by atoms with Gasteiger partial charge in [0.05, 0.1) is 18.3 Å². The maximum atomic E-state index is 12.4. The molecule has 2 rings (SSSR count). The number of pyridine rings is 1. The smallest absolute Gasteiger partial charge is 0.270 e. The molecule has 0 bridgehead atoms. The van der Waals surface area contributed by atoms with Crippen LogP contribution in [-0.4, -0.2) is 33.0 Å². The number of hydrogen-bond acceptors (Lipinski definition) is 3. The van der Waals surface area contributed by atoms with Crippen molar-refractivity contribution in [3.05, 3.63) is 34.7 Å². The minimum atomic E-state index is -0.245. The SMILES string of the molecule is CCc1nc2cc(Cl)ccn2c1C(=O)NC(CC)CO. The average molecular weight is 296 g/mol. The molecule has 2 aromatic heterocycles. The highest BCUT2D eigenvalue weighted by Gasteiger charge is 2.20. The molecule has 0 fully saturated rings. The third-order valence-corrected chi connectivity index (χ3v) is 3.49. The zero-order chi connectivity index (χ0) is 14.7. The van der Waals surface area contributed by atoms with Gasteiger partial charge in [-0.1, -0.05) is 25.4 Å². The monoisotopic (exact) mass is 295 g/mol. The highest BCUT2D eigenvalue weighted by atomic mass is 35.5. The number of carbonyl (C=O) groups is 1. The molecule has 0 radical (unpaired) electrons. The number of aromatic nitrogens is 2. The first kappa shape index (κ1) is 14.8. The number of aliphatic hydroxyl groups excluding tert-OH is 1. The molecule has 2 aromatic rings. The molecule has 5 nitrogen and oxygen atoms in total. The van der Waals surface area contributed by atoms with E-state index in [1.807, 2.05) is 13.8 Å². The summed E-state index contributed by atoms with van der Waals surface area (Å²) in [5.74, 6) is -0.224. The van der Waals surface area contributed by atoms with Gasteiger partial charge in [-0.2, -0.15) is 0 Å². The number of nitrogens with zero attached hydrogens (tertiary/aromatic N) is 2. The Morgan fingerprint density at radius 1 is 1.55 bits per heavy atom. The van der Waals surface area contributed by atoms with Crippen LogP contribution >= 0.6 is 11.6 Å². The summed E-state index contributed by atoms with van der Waals surface area (Å²) in [6.45, 7) is 3.78. The van der Waals surface area contributed by atoms with E-state index in [2.05, 4.69) is 10.3 Å². The topological polar surface area (TPSA) is 66.6 Å². The zero-order valence-electron chi connectivity index (χ0n) is 11.6. The van der Waals surface area contributed by atoms with E-state index in [0.29, 0.717) is 29.2 Å². The van der Waals surface area contributed by atoms with E-state index in [4.69, 9.17) is 11.6 Å². The molecule has 2 N–H and O–H groups in total. The predicted octanol–water partition coefficient (Wildman–Crippen LogP) is 2.05. The first-order valence-corrected chi connectivity index (χ1v) is 7.06. The summed E-state index contributed by atoms with van der Waals surface area (Å²) in [6, 6.07) is 3.20. The number of aliphatic hydroxyl groups is 1. The maximum Gasteiger partial charge on any atom is 0.270 e. The molecule has 1 atom stereocenters. The number of halogens is 1. The molecular formula is C14H18ClN3O2. The van der Waals surface area contributed by atoms with Crippen molar-refractivity contribution >= 4 is 23.2 Å². The Balaban J connectivity index is 2.44. The fourth-order valence-corrected chi connectivity index (χ4v) is 2.24. The Hall–Kier alpha value is -1.59. The van der Waals surface area contributed by atoms with E-state index in [1.165, 1.54) is 0 Å². The highest BCUT2D eigenvalue weighted by Crippen LogP contribution is 2.17. The molecule has 0 aliphatic heterocycles. The van der Waals surface area contributed by atoms with Crippen LogP contribution in [0.25, 0.3) is 5.65 Å². The third-order valence-electron chi connectivity index (χ3n) is 3.26. The molecule has 6 heteroatoms. The minimum Gasteiger partial charge on any atom is -0.394 e. The lowest BCUT2D eigenvalue weighted by Gasteiger charge is -2.14. The molecule has 0 saturated carbocycles. The predicted molar refractivity (Wildman–Crippen MR) is 78.2 cm³/mol. The lowest BCUT2D eigenvalue weighted by Crippen LogP contribution is -2.37. The van der Waals surface area contributed by atoms with Crippen molar-refractivity contribution in [2.45, 2.75) is 32.7 Å². The number of amides is 1. The van der Waals surface area contributed by atoms with Crippen molar-refractivity contribution in [3.63, 3.8) is 0 Å². The third kappa shape index (κ3) is 2.78. The lowest BCUT2D eigenvalue weighted by molar-refractivity contribution is 0.0908. The summed E-state index contributed by atoms with van der Waals surface area (Å²) >= 11 is 5.95. The lowest BCUT2D eigenvalue weighted by atomic mass is 10.2. The number of imidazole rings is 1. The maximum absolute atomic E-state index is 12.4. The summed E-state index contributed by atoms with van der Waals surface area (Å²) in [7, 11) is 0. The van der Waals surface area contributed by atoms with Gasteiger partial charge in [0.1, 0.15) is 11.3 Å². The largest absolute Gasteiger partial charge is 0.394 e. The van der Waals surface area contributed by atoms with E-state index in [-0.39, 0.29) is 18.6 Å². The summed E-state index contributed by atoms with van der Waals surface area (Å²) in [5, 5.41) is 12.6. The van der Waals surface area contributed by atoms with E-state index >= 15 is 0 Å². The number of rotatable bonds is 5. The van der Waals surface area contributed by atoms with Crippen molar-refractivity contribution in [1.29, 1.82) is 0 Å². The highest BCUT2D eigenvalue weighted by molar-refractivity contribution is 6.30. The van der Waals surface area contributed by atoms with Crippen LogP contribution in [0.4, 0.5) is 0 Å². The minimum absolute atomic E-state index is 0.0771. The molecule has 0 aromatic carbocycles.